The van der Waals surface area contributed by atoms with Crippen molar-refractivity contribution in [3.8, 4) is 0 Å². The lowest BCUT2D eigenvalue weighted by atomic mass is 10.1. The van der Waals surface area contributed by atoms with E-state index in [1.54, 1.807) is 0 Å². The molecule has 0 aromatic heterocycles. The van der Waals surface area contributed by atoms with Crippen LogP contribution < -0.4 is 0 Å². The van der Waals surface area contributed by atoms with E-state index < -0.39 is 0 Å². The molecule has 0 aliphatic heterocycles. The zero-order chi connectivity index (χ0) is 11.5. The Morgan fingerprint density at radius 2 is 2.07 bits per heavy atom. The lowest BCUT2D eigenvalue weighted by Gasteiger charge is -1.99. The zero-order valence-electron chi connectivity index (χ0n) is 10.0. The normalized spacial score (nSPS) is 13.5. The van der Waals surface area contributed by atoms with Crippen molar-refractivity contribution in [2.75, 3.05) is 6.61 Å². The summed E-state index contributed by atoms with van der Waals surface area (Å²) in [5.41, 5.74) is 0. The van der Waals surface area contributed by atoms with E-state index in [2.05, 4.69) is 20.8 Å². The van der Waals surface area contributed by atoms with Gasteiger partial charge in [-0.15, -0.1) is 0 Å². The van der Waals surface area contributed by atoms with E-state index in [4.69, 9.17) is 4.74 Å². The average molecular weight is 210 g/mol. The van der Waals surface area contributed by atoms with Crippen molar-refractivity contribution in [1.29, 1.82) is 0 Å². The number of esters is 1. The third kappa shape index (κ3) is 9.26. The topological polar surface area (TPSA) is 26.3 Å². The third-order valence-corrected chi connectivity index (χ3v) is 2.15. The number of ether oxygens (including phenoxy) is 1. The number of hydrogen-bond acceptors (Lipinski definition) is 2. The van der Waals surface area contributed by atoms with Crippen LogP contribution in [0.1, 0.15) is 40.0 Å². The van der Waals surface area contributed by atoms with Gasteiger partial charge in [-0.3, -0.25) is 0 Å². The summed E-state index contributed by atoms with van der Waals surface area (Å²) in [6.45, 7) is 6.66. The number of carbonyl (C=O) groups excluding carboxylic acids is 1. The van der Waals surface area contributed by atoms with Crippen molar-refractivity contribution < 1.29 is 9.53 Å². The van der Waals surface area contributed by atoms with Gasteiger partial charge in [0, 0.05) is 6.08 Å². The van der Waals surface area contributed by atoms with Gasteiger partial charge in [0.1, 0.15) is 6.61 Å². The number of carbonyl (C=O) groups is 1. The van der Waals surface area contributed by atoms with Gasteiger partial charge in [-0.05, 0) is 12.3 Å². The molecule has 0 N–H and O–H groups in total. The number of unbranched alkanes of at least 4 members (excludes halogenated alkanes) is 1. The van der Waals surface area contributed by atoms with Crippen LogP contribution in [-0.4, -0.2) is 12.6 Å². The SMILES string of the molecule is CCC/C=C/COC(=O)/C=C/C(C)CC. The molecule has 0 fully saturated rings. The zero-order valence-corrected chi connectivity index (χ0v) is 10.0. The second-order valence-corrected chi connectivity index (χ2v) is 3.63. The van der Waals surface area contributed by atoms with E-state index in [0.29, 0.717) is 12.5 Å². The molecule has 0 aromatic rings. The van der Waals surface area contributed by atoms with Gasteiger partial charge in [0.25, 0.3) is 0 Å². The van der Waals surface area contributed by atoms with Crippen molar-refractivity contribution in [2.24, 2.45) is 5.92 Å². The van der Waals surface area contributed by atoms with E-state index >= 15 is 0 Å². The van der Waals surface area contributed by atoms with E-state index in [0.717, 1.165) is 19.3 Å². The predicted octanol–water partition coefficient (Wildman–Crippen LogP) is 3.49. The first-order valence-electron chi connectivity index (χ1n) is 5.70. The van der Waals surface area contributed by atoms with Crippen molar-refractivity contribution in [2.45, 2.75) is 40.0 Å². The summed E-state index contributed by atoms with van der Waals surface area (Å²) in [7, 11) is 0. The fourth-order valence-electron chi connectivity index (χ4n) is 0.910. The quantitative estimate of drug-likeness (QED) is 0.365. The fourth-order valence-corrected chi connectivity index (χ4v) is 0.910. The molecule has 0 aromatic carbocycles. The highest BCUT2D eigenvalue weighted by Crippen LogP contribution is 2.01. The highest BCUT2D eigenvalue weighted by molar-refractivity contribution is 5.81. The minimum absolute atomic E-state index is 0.253. The summed E-state index contributed by atoms with van der Waals surface area (Å²) < 4.78 is 4.97. The van der Waals surface area contributed by atoms with Gasteiger partial charge in [0.05, 0.1) is 0 Å². The highest BCUT2D eigenvalue weighted by atomic mass is 16.5. The van der Waals surface area contributed by atoms with E-state index in [1.165, 1.54) is 6.08 Å². The average Bonchev–Trinajstić information content (AvgIpc) is 2.25. The molecule has 15 heavy (non-hydrogen) atoms. The Bertz CT molecular complexity index is 217. The molecule has 0 saturated heterocycles. The van der Waals surface area contributed by atoms with Crippen LogP contribution in [0.4, 0.5) is 0 Å². The van der Waals surface area contributed by atoms with Gasteiger partial charge in [0.2, 0.25) is 0 Å². The van der Waals surface area contributed by atoms with E-state index in [-0.39, 0.29) is 5.97 Å². The Labute approximate surface area is 93.0 Å². The van der Waals surface area contributed by atoms with Gasteiger partial charge < -0.3 is 4.74 Å². The molecule has 86 valence electrons. The molecule has 1 unspecified atom stereocenters. The summed E-state index contributed by atoms with van der Waals surface area (Å²) in [6, 6.07) is 0. The second kappa shape index (κ2) is 9.50. The van der Waals surface area contributed by atoms with Crippen LogP contribution in [0.3, 0.4) is 0 Å². The molecule has 0 radical (unpaired) electrons. The Hall–Kier alpha value is -1.05. The van der Waals surface area contributed by atoms with Crippen LogP contribution in [0.15, 0.2) is 24.3 Å². The largest absolute Gasteiger partial charge is 0.458 e. The monoisotopic (exact) mass is 210 g/mol. The molecule has 0 saturated carbocycles. The van der Waals surface area contributed by atoms with Gasteiger partial charge in [-0.1, -0.05) is 51.8 Å². The Morgan fingerprint density at radius 3 is 2.67 bits per heavy atom. The predicted molar refractivity (Wildman–Crippen MR) is 63.6 cm³/mol. The molecule has 0 aliphatic carbocycles. The van der Waals surface area contributed by atoms with E-state index in [9.17, 15) is 4.79 Å². The molecule has 0 bridgehead atoms. The van der Waals surface area contributed by atoms with Crippen LogP contribution in [0.25, 0.3) is 0 Å². The third-order valence-electron chi connectivity index (χ3n) is 2.15. The molecule has 0 spiro atoms. The molecule has 0 rings (SSSR count). The fraction of sp³-hybridized carbons (Fsp3) is 0.615. The van der Waals surface area contributed by atoms with Crippen molar-refractivity contribution >= 4 is 5.97 Å². The minimum Gasteiger partial charge on any atom is -0.458 e. The molecule has 1 atom stereocenters. The van der Waals surface area contributed by atoms with Crippen LogP contribution in [0, 0.1) is 5.92 Å². The summed E-state index contributed by atoms with van der Waals surface area (Å²) in [5.74, 6) is 0.185. The number of rotatable bonds is 7. The van der Waals surface area contributed by atoms with Crippen LogP contribution >= 0.6 is 0 Å². The summed E-state index contributed by atoms with van der Waals surface area (Å²) in [4.78, 5) is 11.2. The molecular weight excluding hydrogens is 188 g/mol. The Balaban J connectivity index is 3.61. The van der Waals surface area contributed by atoms with E-state index in [1.807, 2.05) is 18.2 Å². The maximum atomic E-state index is 11.2. The van der Waals surface area contributed by atoms with Gasteiger partial charge in [-0.2, -0.15) is 0 Å². The first-order valence-corrected chi connectivity index (χ1v) is 5.70. The lowest BCUT2D eigenvalue weighted by Crippen LogP contribution is -2.01. The molecular formula is C13H22O2. The summed E-state index contributed by atoms with van der Waals surface area (Å²) in [6.07, 6.45) is 10.5. The molecule has 2 nitrogen and oxygen atoms in total. The standard InChI is InChI=1S/C13H22O2/c1-4-6-7-8-11-15-13(14)10-9-12(3)5-2/h7-10,12H,4-6,11H2,1-3H3/b8-7+,10-9+. The van der Waals surface area contributed by atoms with Gasteiger partial charge >= 0.3 is 5.97 Å². The summed E-state index contributed by atoms with van der Waals surface area (Å²) in [5, 5.41) is 0. The molecule has 0 amide bonds. The van der Waals surface area contributed by atoms with Gasteiger partial charge in [-0.25, -0.2) is 4.79 Å². The van der Waals surface area contributed by atoms with Crippen molar-refractivity contribution in [1.82, 2.24) is 0 Å². The second-order valence-electron chi connectivity index (χ2n) is 3.63. The Kier molecular flexibility index (Phi) is 8.84. The molecule has 2 heteroatoms. The first-order chi connectivity index (χ1) is 7.20. The highest BCUT2D eigenvalue weighted by Gasteiger charge is 1.96. The first kappa shape index (κ1) is 13.9. The minimum atomic E-state index is -0.253. The van der Waals surface area contributed by atoms with Crippen molar-refractivity contribution in [3.63, 3.8) is 0 Å². The smallest absolute Gasteiger partial charge is 0.330 e. The van der Waals surface area contributed by atoms with Crippen molar-refractivity contribution in [3.05, 3.63) is 24.3 Å². The van der Waals surface area contributed by atoms with Gasteiger partial charge in [0.15, 0.2) is 0 Å². The Morgan fingerprint density at radius 1 is 1.33 bits per heavy atom. The van der Waals surface area contributed by atoms with Crippen LogP contribution in [-0.2, 0) is 9.53 Å². The lowest BCUT2D eigenvalue weighted by molar-refractivity contribution is -0.136. The molecule has 0 aliphatic rings. The number of allylic oxidation sites excluding steroid dienone is 2. The maximum absolute atomic E-state index is 11.2. The number of hydrogen-bond donors (Lipinski definition) is 0. The molecule has 0 heterocycles. The van der Waals surface area contributed by atoms with Crippen LogP contribution in [0.5, 0.6) is 0 Å². The summed E-state index contributed by atoms with van der Waals surface area (Å²) >= 11 is 0. The van der Waals surface area contributed by atoms with Crippen LogP contribution in [0.2, 0.25) is 0 Å². The maximum Gasteiger partial charge on any atom is 0.330 e.